The maximum absolute atomic E-state index is 11.5. The molecule has 0 aromatic heterocycles. The first-order valence-electron chi connectivity index (χ1n) is 7.10. The highest BCUT2D eigenvalue weighted by Gasteiger charge is 2.13. The van der Waals surface area contributed by atoms with Crippen molar-refractivity contribution >= 4 is 41.2 Å². The Morgan fingerprint density at radius 1 is 1.26 bits per heavy atom. The lowest BCUT2D eigenvalue weighted by Crippen LogP contribution is -2.41. The minimum atomic E-state index is -0.852. The van der Waals surface area contributed by atoms with Gasteiger partial charge in [0.25, 0.3) is 0 Å². The predicted molar refractivity (Wildman–Crippen MR) is 91.3 cm³/mol. The van der Waals surface area contributed by atoms with E-state index in [0.29, 0.717) is 28.0 Å². The summed E-state index contributed by atoms with van der Waals surface area (Å²) in [5.41, 5.74) is 2.69. The number of hydrogen-bond acceptors (Lipinski definition) is 4. The highest BCUT2D eigenvalue weighted by molar-refractivity contribution is 6.37. The van der Waals surface area contributed by atoms with Gasteiger partial charge in [0, 0.05) is 6.04 Å². The van der Waals surface area contributed by atoms with E-state index < -0.39 is 11.8 Å². The summed E-state index contributed by atoms with van der Waals surface area (Å²) in [4.78, 5) is 22.9. The van der Waals surface area contributed by atoms with E-state index in [1.165, 1.54) is 6.21 Å². The Kier molecular flexibility index (Phi) is 7.85. The Balaban J connectivity index is 2.70. The van der Waals surface area contributed by atoms with Crippen molar-refractivity contribution < 1.29 is 14.3 Å². The summed E-state index contributed by atoms with van der Waals surface area (Å²) in [7, 11) is 0. The lowest BCUT2D eigenvalue weighted by Gasteiger charge is -2.09. The Morgan fingerprint density at radius 2 is 1.87 bits per heavy atom. The molecule has 0 atom stereocenters. The van der Waals surface area contributed by atoms with E-state index in [2.05, 4.69) is 15.8 Å². The molecule has 0 unspecified atom stereocenters. The molecule has 0 radical (unpaired) electrons. The summed E-state index contributed by atoms with van der Waals surface area (Å²) in [5.74, 6) is -1.20. The third-order valence-corrected chi connectivity index (χ3v) is 3.04. The predicted octanol–water partition coefficient (Wildman–Crippen LogP) is 2.76. The Hall–Kier alpha value is -1.79. The van der Waals surface area contributed by atoms with Crippen molar-refractivity contribution in [2.75, 3.05) is 6.61 Å². The molecule has 8 heteroatoms. The maximum Gasteiger partial charge on any atom is 0.329 e. The highest BCUT2D eigenvalue weighted by Crippen LogP contribution is 2.33. The van der Waals surface area contributed by atoms with Crippen molar-refractivity contribution in [3.63, 3.8) is 0 Å². The molecule has 0 aliphatic carbocycles. The first-order chi connectivity index (χ1) is 10.8. The van der Waals surface area contributed by atoms with Crippen molar-refractivity contribution in [2.24, 2.45) is 5.10 Å². The second-order valence-corrected chi connectivity index (χ2v) is 5.80. The zero-order valence-corrected chi connectivity index (χ0v) is 14.7. The molecule has 126 valence electrons. The van der Waals surface area contributed by atoms with Gasteiger partial charge < -0.3 is 10.1 Å². The summed E-state index contributed by atoms with van der Waals surface area (Å²) in [5, 5.41) is 6.84. The van der Waals surface area contributed by atoms with Gasteiger partial charge in [-0.25, -0.2) is 5.43 Å². The summed E-state index contributed by atoms with van der Waals surface area (Å²) in [6.45, 7) is 5.98. The van der Waals surface area contributed by atoms with Gasteiger partial charge in [-0.15, -0.1) is 0 Å². The molecule has 0 spiro atoms. The van der Waals surface area contributed by atoms with Gasteiger partial charge in [0.2, 0.25) is 0 Å². The van der Waals surface area contributed by atoms with Crippen LogP contribution in [0, 0.1) is 0 Å². The summed E-state index contributed by atoms with van der Waals surface area (Å²) in [6, 6.07) is 3.07. The van der Waals surface area contributed by atoms with E-state index in [0.717, 1.165) is 6.42 Å². The average Bonchev–Trinajstić information content (AvgIpc) is 2.45. The molecule has 2 N–H and O–H groups in total. The van der Waals surface area contributed by atoms with Gasteiger partial charge >= 0.3 is 11.8 Å². The van der Waals surface area contributed by atoms with Crippen molar-refractivity contribution in [3.05, 3.63) is 27.7 Å². The molecule has 1 aromatic carbocycles. The Labute approximate surface area is 145 Å². The number of hydrazone groups is 1. The third-order valence-electron chi connectivity index (χ3n) is 2.48. The van der Waals surface area contributed by atoms with Gasteiger partial charge in [-0.2, -0.15) is 5.10 Å². The van der Waals surface area contributed by atoms with Gasteiger partial charge in [-0.1, -0.05) is 30.1 Å². The average molecular weight is 360 g/mol. The van der Waals surface area contributed by atoms with Gasteiger partial charge in [0.15, 0.2) is 5.75 Å². The number of carbonyl (C=O) groups excluding carboxylic acids is 2. The topological polar surface area (TPSA) is 79.8 Å². The van der Waals surface area contributed by atoms with Crippen LogP contribution >= 0.6 is 23.2 Å². The molecular weight excluding hydrogens is 341 g/mol. The van der Waals surface area contributed by atoms with E-state index in [-0.39, 0.29) is 6.04 Å². The van der Waals surface area contributed by atoms with Crippen LogP contribution in [0.5, 0.6) is 5.75 Å². The lowest BCUT2D eigenvalue weighted by molar-refractivity contribution is -0.139. The summed E-state index contributed by atoms with van der Waals surface area (Å²) < 4.78 is 5.45. The van der Waals surface area contributed by atoms with E-state index in [4.69, 9.17) is 27.9 Å². The molecule has 0 bridgehead atoms. The molecule has 0 aliphatic rings. The number of hydrogen-bond donors (Lipinski definition) is 2. The molecule has 2 amide bonds. The molecule has 1 aromatic rings. The molecular formula is C15H19Cl2N3O3. The molecule has 0 fully saturated rings. The van der Waals surface area contributed by atoms with Crippen LogP contribution in [0.1, 0.15) is 32.8 Å². The van der Waals surface area contributed by atoms with E-state index in [1.807, 2.05) is 6.92 Å². The van der Waals surface area contributed by atoms with Crippen LogP contribution in [-0.4, -0.2) is 30.7 Å². The number of halogens is 2. The first kappa shape index (κ1) is 19.3. The second-order valence-electron chi connectivity index (χ2n) is 4.99. The largest absolute Gasteiger partial charge is 0.490 e. The van der Waals surface area contributed by atoms with Crippen LogP contribution in [0.25, 0.3) is 0 Å². The monoisotopic (exact) mass is 359 g/mol. The third kappa shape index (κ3) is 6.46. The fraction of sp³-hybridized carbons (Fsp3) is 0.400. The van der Waals surface area contributed by atoms with Crippen LogP contribution in [-0.2, 0) is 9.59 Å². The summed E-state index contributed by atoms with van der Waals surface area (Å²) in [6.07, 6.45) is 2.17. The molecule has 0 heterocycles. The van der Waals surface area contributed by atoms with Crippen molar-refractivity contribution in [2.45, 2.75) is 33.2 Å². The van der Waals surface area contributed by atoms with Crippen molar-refractivity contribution in [3.8, 4) is 5.75 Å². The second kappa shape index (κ2) is 9.37. The minimum Gasteiger partial charge on any atom is -0.490 e. The fourth-order valence-electron chi connectivity index (χ4n) is 1.54. The van der Waals surface area contributed by atoms with Crippen LogP contribution < -0.4 is 15.5 Å². The normalized spacial score (nSPS) is 10.9. The standard InChI is InChI=1S/C15H19Cl2N3O3/c1-4-5-23-13-11(16)6-10(7-12(13)17)8-18-20-15(22)14(21)19-9(2)3/h6-9H,4-5H2,1-3H3,(H,19,21)(H,20,22)/b18-8-. The number of nitrogens with one attached hydrogen (secondary N) is 2. The van der Waals surface area contributed by atoms with Gasteiger partial charge in [-0.05, 0) is 38.0 Å². The van der Waals surface area contributed by atoms with E-state index in [1.54, 1.807) is 26.0 Å². The maximum atomic E-state index is 11.5. The zero-order valence-electron chi connectivity index (χ0n) is 13.2. The highest BCUT2D eigenvalue weighted by atomic mass is 35.5. The number of rotatable bonds is 6. The molecule has 0 saturated heterocycles. The fourth-order valence-corrected chi connectivity index (χ4v) is 2.15. The van der Waals surface area contributed by atoms with Gasteiger partial charge in [-0.3, -0.25) is 9.59 Å². The number of benzene rings is 1. The summed E-state index contributed by atoms with van der Waals surface area (Å²) >= 11 is 12.2. The van der Waals surface area contributed by atoms with Gasteiger partial charge in [0.05, 0.1) is 22.9 Å². The quantitative estimate of drug-likeness (QED) is 0.465. The number of ether oxygens (including phenoxy) is 1. The number of carbonyl (C=O) groups is 2. The van der Waals surface area contributed by atoms with E-state index in [9.17, 15) is 9.59 Å². The number of amides is 2. The molecule has 0 saturated carbocycles. The smallest absolute Gasteiger partial charge is 0.329 e. The van der Waals surface area contributed by atoms with Crippen molar-refractivity contribution in [1.82, 2.24) is 10.7 Å². The van der Waals surface area contributed by atoms with Crippen LogP contribution in [0.15, 0.2) is 17.2 Å². The van der Waals surface area contributed by atoms with Crippen LogP contribution in [0.4, 0.5) is 0 Å². The van der Waals surface area contributed by atoms with Gasteiger partial charge in [0.1, 0.15) is 0 Å². The van der Waals surface area contributed by atoms with Crippen LogP contribution in [0.3, 0.4) is 0 Å². The molecule has 23 heavy (non-hydrogen) atoms. The SMILES string of the molecule is CCCOc1c(Cl)cc(/C=N\NC(=O)C(=O)NC(C)C)cc1Cl. The molecule has 6 nitrogen and oxygen atoms in total. The van der Waals surface area contributed by atoms with E-state index >= 15 is 0 Å². The molecule has 1 rings (SSSR count). The lowest BCUT2D eigenvalue weighted by atomic mass is 10.2. The Morgan fingerprint density at radius 3 is 2.39 bits per heavy atom. The molecule has 0 aliphatic heterocycles. The van der Waals surface area contributed by atoms with Crippen LogP contribution in [0.2, 0.25) is 10.0 Å². The first-order valence-corrected chi connectivity index (χ1v) is 7.86. The number of nitrogens with zero attached hydrogens (tertiary/aromatic N) is 1. The zero-order chi connectivity index (χ0) is 17.4. The van der Waals surface area contributed by atoms with Crippen molar-refractivity contribution in [1.29, 1.82) is 0 Å². The minimum absolute atomic E-state index is 0.134. The Bertz CT molecular complexity index is 581.